The molecule has 5 rings (SSSR count). The number of benzene rings is 2. The van der Waals surface area contributed by atoms with Crippen LogP contribution in [0.2, 0.25) is 0 Å². The first kappa shape index (κ1) is 21.8. The Kier molecular flexibility index (Phi) is 6.41. The number of piperidine rings is 2. The van der Waals surface area contributed by atoms with Crippen molar-refractivity contribution in [3.8, 4) is 5.75 Å². The van der Waals surface area contributed by atoms with Gasteiger partial charge < -0.3 is 9.84 Å². The normalized spacial score (nSPS) is 30.8. The van der Waals surface area contributed by atoms with E-state index in [-0.39, 0.29) is 5.92 Å². The van der Waals surface area contributed by atoms with E-state index in [9.17, 15) is 9.90 Å². The minimum absolute atomic E-state index is 0.159. The number of nitrogens with zero attached hydrogens (tertiary/aromatic N) is 1. The van der Waals surface area contributed by atoms with Gasteiger partial charge in [-0.2, -0.15) is 0 Å². The van der Waals surface area contributed by atoms with Crippen molar-refractivity contribution < 1.29 is 14.6 Å². The van der Waals surface area contributed by atoms with Crippen LogP contribution in [-0.4, -0.2) is 34.2 Å². The quantitative estimate of drug-likeness (QED) is 0.570. The fourth-order valence-corrected chi connectivity index (χ4v) is 6.44. The molecule has 3 fully saturated rings. The molecule has 2 atom stereocenters. The molecule has 0 aromatic heterocycles. The molecule has 0 spiro atoms. The average Bonchev–Trinajstić information content (AvgIpc) is 2.79. The fraction of sp³-hybridized carbons (Fsp3) is 0.607. The summed E-state index contributed by atoms with van der Waals surface area (Å²) < 4.78 is 6.33. The van der Waals surface area contributed by atoms with Crippen molar-refractivity contribution in [2.45, 2.75) is 95.9 Å². The summed E-state index contributed by atoms with van der Waals surface area (Å²) in [5.74, 6) is 1.12. The van der Waals surface area contributed by atoms with Crippen molar-refractivity contribution >= 4 is 16.7 Å². The second-order valence-electron chi connectivity index (χ2n) is 10.4. The lowest BCUT2D eigenvalue weighted by Crippen LogP contribution is -2.52. The maximum absolute atomic E-state index is 11.5. The number of hydrogen-bond donors (Lipinski definition) is 1. The molecular weight excluding hydrogens is 398 g/mol. The Labute approximate surface area is 191 Å². The van der Waals surface area contributed by atoms with Crippen LogP contribution in [0.3, 0.4) is 0 Å². The summed E-state index contributed by atoms with van der Waals surface area (Å²) >= 11 is 0. The number of carbonyl (C=O) groups is 1. The molecule has 2 unspecified atom stereocenters. The lowest BCUT2D eigenvalue weighted by atomic mass is 9.78. The average molecular weight is 436 g/mol. The second-order valence-corrected chi connectivity index (χ2v) is 10.4. The monoisotopic (exact) mass is 435 g/mol. The molecule has 1 saturated carbocycles. The molecule has 2 bridgehead atoms. The number of carboxylic acid groups (broad SMARTS) is 1. The van der Waals surface area contributed by atoms with E-state index in [1.54, 1.807) is 0 Å². The molecule has 2 aromatic rings. The lowest BCUT2D eigenvalue weighted by Gasteiger charge is -2.48. The highest BCUT2D eigenvalue weighted by atomic mass is 16.5. The van der Waals surface area contributed by atoms with Gasteiger partial charge in [-0.25, -0.2) is 0 Å². The Morgan fingerprint density at radius 3 is 2.34 bits per heavy atom. The van der Waals surface area contributed by atoms with Crippen LogP contribution in [0.15, 0.2) is 36.4 Å². The smallest absolute Gasteiger partial charge is 0.306 e. The van der Waals surface area contributed by atoms with Crippen LogP contribution in [0.1, 0.15) is 76.7 Å². The highest BCUT2D eigenvalue weighted by molar-refractivity contribution is 5.84. The van der Waals surface area contributed by atoms with E-state index in [1.807, 2.05) is 0 Å². The van der Waals surface area contributed by atoms with Crippen molar-refractivity contribution in [3.05, 3.63) is 42.0 Å². The second kappa shape index (κ2) is 9.43. The van der Waals surface area contributed by atoms with E-state index in [0.29, 0.717) is 18.2 Å². The van der Waals surface area contributed by atoms with Crippen molar-refractivity contribution in [2.24, 2.45) is 11.8 Å². The summed E-state index contributed by atoms with van der Waals surface area (Å²) in [5, 5.41) is 12.0. The van der Waals surface area contributed by atoms with Crippen molar-refractivity contribution in [1.82, 2.24) is 4.90 Å². The van der Waals surface area contributed by atoms with Crippen molar-refractivity contribution in [2.75, 3.05) is 0 Å². The summed E-state index contributed by atoms with van der Waals surface area (Å²) in [6.07, 6.45) is 11.7. The third-order valence-electron chi connectivity index (χ3n) is 8.39. The van der Waals surface area contributed by atoms with Crippen LogP contribution in [0.25, 0.3) is 10.8 Å². The maximum Gasteiger partial charge on any atom is 0.306 e. The predicted molar refractivity (Wildman–Crippen MR) is 128 cm³/mol. The van der Waals surface area contributed by atoms with Gasteiger partial charge >= 0.3 is 5.97 Å². The molecule has 2 aliphatic heterocycles. The van der Waals surface area contributed by atoms with Gasteiger partial charge in [-0.1, -0.05) is 38.0 Å². The molecule has 172 valence electrons. The molecule has 2 aromatic carbocycles. The van der Waals surface area contributed by atoms with Crippen LogP contribution in [0.4, 0.5) is 0 Å². The van der Waals surface area contributed by atoms with Gasteiger partial charge in [-0.3, -0.25) is 9.69 Å². The number of rotatable bonds is 6. The first-order valence-electron chi connectivity index (χ1n) is 12.8. The Morgan fingerprint density at radius 1 is 0.969 bits per heavy atom. The molecule has 1 aliphatic carbocycles. The third kappa shape index (κ3) is 4.66. The zero-order valence-electron chi connectivity index (χ0n) is 19.3. The summed E-state index contributed by atoms with van der Waals surface area (Å²) in [5.41, 5.74) is 1.33. The number of hydrogen-bond acceptors (Lipinski definition) is 3. The zero-order valence-corrected chi connectivity index (χ0v) is 19.3. The molecule has 0 amide bonds. The van der Waals surface area contributed by atoms with E-state index in [0.717, 1.165) is 43.9 Å². The van der Waals surface area contributed by atoms with Crippen LogP contribution < -0.4 is 4.74 Å². The Morgan fingerprint density at radius 2 is 1.66 bits per heavy atom. The topological polar surface area (TPSA) is 49.8 Å². The summed E-state index contributed by atoms with van der Waals surface area (Å²) in [6.45, 7) is 3.23. The maximum atomic E-state index is 11.5. The Hall–Kier alpha value is -2.07. The van der Waals surface area contributed by atoms with E-state index in [4.69, 9.17) is 4.74 Å². The molecular formula is C28H37NO3. The van der Waals surface area contributed by atoms with Gasteiger partial charge in [-0.05, 0) is 91.8 Å². The molecule has 2 saturated heterocycles. The number of carboxylic acids is 1. The predicted octanol–water partition coefficient (Wildman–Crippen LogP) is 6.41. The van der Waals surface area contributed by atoms with Gasteiger partial charge in [0.15, 0.2) is 0 Å². The van der Waals surface area contributed by atoms with Crippen molar-refractivity contribution in [1.29, 1.82) is 0 Å². The largest absolute Gasteiger partial charge is 0.490 e. The molecule has 4 heteroatoms. The minimum atomic E-state index is -0.608. The van der Waals surface area contributed by atoms with E-state index in [2.05, 4.69) is 48.2 Å². The molecule has 4 nitrogen and oxygen atoms in total. The van der Waals surface area contributed by atoms with E-state index in [1.165, 1.54) is 54.9 Å². The first-order valence-corrected chi connectivity index (χ1v) is 12.8. The summed E-state index contributed by atoms with van der Waals surface area (Å²) in [4.78, 5) is 14.1. The fourth-order valence-electron chi connectivity index (χ4n) is 6.44. The Bertz CT molecular complexity index is 935. The summed E-state index contributed by atoms with van der Waals surface area (Å²) in [6, 6.07) is 14.1. The molecule has 3 aliphatic rings. The van der Waals surface area contributed by atoms with Gasteiger partial charge in [0.05, 0.1) is 12.0 Å². The number of ether oxygens (including phenoxy) is 1. The number of aliphatic carboxylic acids is 1. The SMILES string of the molecule is CCC1CCC(Oc2ccc3cc(CN4C5CCCC4CC(C(=O)O)C5)ccc3c2)CC1. The molecule has 2 heterocycles. The van der Waals surface area contributed by atoms with Crippen LogP contribution in [0, 0.1) is 11.8 Å². The number of fused-ring (bicyclic) bond motifs is 3. The first-order chi connectivity index (χ1) is 15.6. The highest BCUT2D eigenvalue weighted by Gasteiger charge is 2.40. The highest BCUT2D eigenvalue weighted by Crippen LogP contribution is 2.38. The summed E-state index contributed by atoms with van der Waals surface area (Å²) in [7, 11) is 0. The molecule has 0 radical (unpaired) electrons. The van der Waals surface area contributed by atoms with Gasteiger partial charge in [0, 0.05) is 18.6 Å². The van der Waals surface area contributed by atoms with Gasteiger partial charge in [0.2, 0.25) is 0 Å². The van der Waals surface area contributed by atoms with Crippen LogP contribution in [-0.2, 0) is 11.3 Å². The minimum Gasteiger partial charge on any atom is -0.490 e. The molecule has 1 N–H and O–H groups in total. The van der Waals surface area contributed by atoms with E-state index < -0.39 is 5.97 Å². The standard InChI is InChI=1S/C28H37NO3/c1-2-19-7-11-26(12-8-19)32-27-13-10-21-14-20(6-9-22(21)17-27)18-29-24-4-3-5-25(29)16-23(15-24)28(30)31/h6,9-10,13-14,17,19,23-26H,2-5,7-8,11-12,15-16,18H2,1H3,(H,30,31). The molecule has 32 heavy (non-hydrogen) atoms. The Balaban J connectivity index is 1.25. The third-order valence-corrected chi connectivity index (χ3v) is 8.39. The zero-order chi connectivity index (χ0) is 22.1. The van der Waals surface area contributed by atoms with Crippen molar-refractivity contribution in [3.63, 3.8) is 0 Å². The van der Waals surface area contributed by atoms with E-state index >= 15 is 0 Å². The van der Waals surface area contributed by atoms with Gasteiger partial charge in [0.1, 0.15) is 5.75 Å². The lowest BCUT2D eigenvalue weighted by molar-refractivity contribution is -0.146. The van der Waals surface area contributed by atoms with Crippen LogP contribution >= 0.6 is 0 Å². The van der Waals surface area contributed by atoms with Crippen LogP contribution in [0.5, 0.6) is 5.75 Å². The van der Waals surface area contributed by atoms with Gasteiger partial charge in [0.25, 0.3) is 0 Å². The van der Waals surface area contributed by atoms with Gasteiger partial charge in [-0.15, -0.1) is 0 Å².